The first-order valence-corrected chi connectivity index (χ1v) is 11.9. The van der Waals surface area contributed by atoms with Crippen LogP contribution in [0.2, 0.25) is 0 Å². The summed E-state index contributed by atoms with van der Waals surface area (Å²) in [6.07, 6.45) is 1.41. The van der Waals surface area contributed by atoms with Gasteiger partial charge in [0.2, 0.25) is 0 Å². The van der Waals surface area contributed by atoms with Crippen LogP contribution in [0.4, 0.5) is 5.69 Å². The molecule has 1 N–H and O–H groups in total. The molecular weight excluding hydrogens is 480 g/mol. The van der Waals surface area contributed by atoms with E-state index in [9.17, 15) is 14.9 Å². The zero-order chi connectivity index (χ0) is 26.6. The number of amides is 1. The standard InChI is InChI=1S/C30H24N4O4/c1-20-18-25(34(36)37)13-15-27(20)29-17-14-26(38-29)19-31-32-30(35)23-9-11-24(12-10-23)33-21(2)8-16-28(33)22-6-4-3-5-7-22/h3-19H,1-2H3,(H,32,35)/b31-19-. The first-order valence-electron chi connectivity index (χ1n) is 11.9. The van der Waals surface area contributed by atoms with Crippen molar-refractivity contribution in [3.8, 4) is 28.3 Å². The number of nitrogens with one attached hydrogen (secondary N) is 1. The Bertz CT molecular complexity index is 1650. The summed E-state index contributed by atoms with van der Waals surface area (Å²) in [5.41, 5.74) is 8.71. The van der Waals surface area contributed by atoms with Crippen molar-refractivity contribution in [2.24, 2.45) is 5.10 Å². The summed E-state index contributed by atoms with van der Waals surface area (Å²) in [7, 11) is 0. The molecule has 0 saturated heterocycles. The number of hydrazone groups is 1. The van der Waals surface area contributed by atoms with Gasteiger partial charge in [0.25, 0.3) is 11.6 Å². The number of furan rings is 1. The van der Waals surface area contributed by atoms with Crippen molar-refractivity contribution in [3.05, 3.63) is 130 Å². The van der Waals surface area contributed by atoms with Gasteiger partial charge in [-0.05, 0) is 79.6 Å². The van der Waals surface area contributed by atoms with E-state index >= 15 is 0 Å². The van der Waals surface area contributed by atoms with E-state index in [0.717, 1.165) is 33.8 Å². The zero-order valence-corrected chi connectivity index (χ0v) is 20.8. The molecule has 0 aliphatic heterocycles. The maximum absolute atomic E-state index is 12.6. The van der Waals surface area contributed by atoms with Crippen LogP contribution in [0.1, 0.15) is 27.4 Å². The molecule has 3 aromatic carbocycles. The Balaban J connectivity index is 1.26. The molecule has 0 aliphatic carbocycles. The minimum atomic E-state index is -0.434. The van der Waals surface area contributed by atoms with Crippen molar-refractivity contribution in [3.63, 3.8) is 0 Å². The lowest BCUT2D eigenvalue weighted by Crippen LogP contribution is -2.17. The van der Waals surface area contributed by atoms with Crippen molar-refractivity contribution in [2.75, 3.05) is 0 Å². The summed E-state index contributed by atoms with van der Waals surface area (Å²) >= 11 is 0. The van der Waals surface area contributed by atoms with E-state index in [4.69, 9.17) is 4.42 Å². The third kappa shape index (κ3) is 5.01. The van der Waals surface area contributed by atoms with Crippen LogP contribution < -0.4 is 5.43 Å². The molecule has 8 nitrogen and oxygen atoms in total. The fourth-order valence-corrected chi connectivity index (χ4v) is 4.30. The van der Waals surface area contributed by atoms with Crippen molar-refractivity contribution < 1.29 is 14.1 Å². The van der Waals surface area contributed by atoms with Crippen LogP contribution >= 0.6 is 0 Å². The second-order valence-corrected chi connectivity index (χ2v) is 8.77. The lowest BCUT2D eigenvalue weighted by Gasteiger charge is -2.12. The number of nitro benzene ring substituents is 1. The number of nitrogens with zero attached hydrogens (tertiary/aromatic N) is 3. The summed E-state index contributed by atoms with van der Waals surface area (Å²) in [6.45, 7) is 3.83. The van der Waals surface area contributed by atoms with Crippen LogP contribution in [0.3, 0.4) is 0 Å². The molecule has 0 atom stereocenters. The highest BCUT2D eigenvalue weighted by Crippen LogP contribution is 2.28. The number of hydrogen-bond donors (Lipinski definition) is 1. The molecule has 0 unspecified atom stereocenters. The maximum Gasteiger partial charge on any atom is 0.271 e. The zero-order valence-electron chi connectivity index (χ0n) is 20.8. The highest BCUT2D eigenvalue weighted by molar-refractivity contribution is 5.95. The molecule has 0 spiro atoms. The Kier molecular flexibility index (Phi) is 6.69. The van der Waals surface area contributed by atoms with E-state index in [1.165, 1.54) is 18.3 Å². The number of benzene rings is 3. The summed E-state index contributed by atoms with van der Waals surface area (Å²) in [6, 6.07) is 29.7. The van der Waals surface area contributed by atoms with E-state index in [2.05, 4.69) is 39.4 Å². The summed E-state index contributed by atoms with van der Waals surface area (Å²) in [5.74, 6) is 0.638. The van der Waals surface area contributed by atoms with Gasteiger partial charge in [-0.15, -0.1) is 0 Å². The third-order valence-corrected chi connectivity index (χ3v) is 6.20. The number of nitro groups is 1. The topological polar surface area (TPSA) is 103 Å². The molecule has 5 rings (SSSR count). The van der Waals surface area contributed by atoms with Crippen LogP contribution in [0, 0.1) is 24.0 Å². The molecule has 2 aromatic heterocycles. The molecule has 5 aromatic rings. The highest BCUT2D eigenvalue weighted by Gasteiger charge is 2.13. The number of rotatable bonds is 7. The molecule has 8 heteroatoms. The quantitative estimate of drug-likeness (QED) is 0.151. The van der Waals surface area contributed by atoms with Gasteiger partial charge in [-0.1, -0.05) is 30.3 Å². The largest absolute Gasteiger partial charge is 0.455 e. The number of aromatic nitrogens is 1. The van der Waals surface area contributed by atoms with Crippen molar-refractivity contribution in [1.82, 2.24) is 9.99 Å². The minimum absolute atomic E-state index is 0.0236. The van der Waals surface area contributed by atoms with Gasteiger partial charge in [0.1, 0.15) is 11.5 Å². The first-order chi connectivity index (χ1) is 18.4. The Morgan fingerprint density at radius 3 is 2.42 bits per heavy atom. The number of carbonyl (C=O) groups excluding carboxylic acids is 1. The Morgan fingerprint density at radius 1 is 0.947 bits per heavy atom. The van der Waals surface area contributed by atoms with Gasteiger partial charge in [-0.2, -0.15) is 5.10 Å². The van der Waals surface area contributed by atoms with Crippen LogP contribution in [-0.4, -0.2) is 21.6 Å². The van der Waals surface area contributed by atoms with Crippen molar-refractivity contribution in [2.45, 2.75) is 13.8 Å². The van der Waals surface area contributed by atoms with Gasteiger partial charge < -0.3 is 8.98 Å². The van der Waals surface area contributed by atoms with Crippen LogP contribution in [0.5, 0.6) is 0 Å². The minimum Gasteiger partial charge on any atom is -0.455 e. The monoisotopic (exact) mass is 504 g/mol. The molecular formula is C30H24N4O4. The van der Waals surface area contributed by atoms with E-state index in [1.807, 2.05) is 37.3 Å². The van der Waals surface area contributed by atoms with Crippen LogP contribution in [-0.2, 0) is 0 Å². The van der Waals surface area contributed by atoms with E-state index in [-0.39, 0.29) is 11.6 Å². The summed E-state index contributed by atoms with van der Waals surface area (Å²) in [4.78, 5) is 23.2. The Labute approximate surface area is 219 Å². The molecule has 38 heavy (non-hydrogen) atoms. The average molecular weight is 505 g/mol. The number of carbonyl (C=O) groups is 1. The van der Waals surface area contributed by atoms with Crippen molar-refractivity contribution >= 4 is 17.8 Å². The third-order valence-electron chi connectivity index (χ3n) is 6.20. The summed E-state index contributed by atoms with van der Waals surface area (Å²) < 4.78 is 7.93. The predicted octanol–water partition coefficient (Wildman–Crippen LogP) is 6.69. The van der Waals surface area contributed by atoms with E-state index in [1.54, 1.807) is 37.3 Å². The molecule has 0 aliphatic rings. The maximum atomic E-state index is 12.6. The Hall–Kier alpha value is -5.24. The highest BCUT2D eigenvalue weighted by atomic mass is 16.6. The molecule has 0 fully saturated rings. The van der Waals surface area contributed by atoms with Crippen LogP contribution in [0.15, 0.2) is 107 Å². The molecule has 0 radical (unpaired) electrons. The van der Waals surface area contributed by atoms with E-state index in [0.29, 0.717) is 17.1 Å². The molecule has 0 saturated carbocycles. The fraction of sp³-hybridized carbons (Fsp3) is 0.0667. The lowest BCUT2D eigenvalue weighted by molar-refractivity contribution is -0.384. The average Bonchev–Trinajstić information content (AvgIpc) is 3.55. The SMILES string of the molecule is Cc1cc([N+](=O)[O-])ccc1-c1ccc(/C=N\NC(=O)c2ccc(-n3c(C)ccc3-c3ccccc3)cc2)o1. The van der Waals surface area contributed by atoms with Gasteiger partial charge in [-0.25, -0.2) is 5.43 Å². The fourth-order valence-electron chi connectivity index (χ4n) is 4.30. The smallest absolute Gasteiger partial charge is 0.271 e. The number of non-ortho nitro benzene ring substituents is 1. The molecule has 0 bridgehead atoms. The second kappa shape index (κ2) is 10.4. The summed E-state index contributed by atoms with van der Waals surface area (Å²) in [5, 5.41) is 15.0. The normalized spacial score (nSPS) is 11.1. The first kappa shape index (κ1) is 24.5. The van der Waals surface area contributed by atoms with Gasteiger partial charge in [0, 0.05) is 34.6 Å². The Morgan fingerprint density at radius 2 is 1.71 bits per heavy atom. The van der Waals surface area contributed by atoms with Crippen LogP contribution in [0.25, 0.3) is 28.3 Å². The van der Waals surface area contributed by atoms with Gasteiger partial charge in [0.15, 0.2) is 0 Å². The van der Waals surface area contributed by atoms with Gasteiger partial charge >= 0.3 is 0 Å². The predicted molar refractivity (Wildman–Crippen MR) is 147 cm³/mol. The van der Waals surface area contributed by atoms with Gasteiger partial charge in [-0.3, -0.25) is 14.9 Å². The second-order valence-electron chi connectivity index (χ2n) is 8.77. The lowest BCUT2D eigenvalue weighted by atomic mass is 10.1. The number of aryl methyl sites for hydroxylation is 2. The molecule has 188 valence electrons. The number of hydrogen-bond acceptors (Lipinski definition) is 5. The van der Waals surface area contributed by atoms with E-state index < -0.39 is 4.92 Å². The molecule has 1 amide bonds. The van der Waals surface area contributed by atoms with Gasteiger partial charge in [0.05, 0.1) is 16.8 Å². The molecule has 2 heterocycles. The van der Waals surface area contributed by atoms with Crippen molar-refractivity contribution in [1.29, 1.82) is 0 Å².